The van der Waals surface area contributed by atoms with Crippen molar-refractivity contribution in [3.63, 3.8) is 0 Å². The van der Waals surface area contributed by atoms with E-state index in [9.17, 15) is 19.7 Å². The molecule has 0 saturated heterocycles. The van der Waals surface area contributed by atoms with Crippen LogP contribution in [0.1, 0.15) is 13.8 Å². The van der Waals surface area contributed by atoms with E-state index in [2.05, 4.69) is 16.0 Å². The van der Waals surface area contributed by atoms with Gasteiger partial charge in [0.1, 0.15) is 11.7 Å². The quantitative estimate of drug-likeness (QED) is 0.552. The first kappa shape index (κ1) is 17.9. The van der Waals surface area contributed by atoms with Crippen molar-refractivity contribution >= 4 is 34.6 Å². The molecule has 0 aliphatic heterocycles. The molecule has 2 aromatic rings. The molecule has 2 aromatic carbocycles. The minimum Gasteiger partial charge on any atom is -0.374 e. The predicted molar refractivity (Wildman–Crippen MR) is 95.6 cm³/mol. The van der Waals surface area contributed by atoms with E-state index in [-0.39, 0.29) is 17.3 Å². The number of nitrogens with one attached hydrogen (secondary N) is 3. The molecule has 0 heterocycles. The summed E-state index contributed by atoms with van der Waals surface area (Å²) in [6.07, 6.45) is 0. The molecule has 25 heavy (non-hydrogen) atoms. The fourth-order valence-corrected chi connectivity index (χ4v) is 2.15. The second kappa shape index (κ2) is 7.91. The number of para-hydroxylation sites is 2. The van der Waals surface area contributed by atoms with Crippen molar-refractivity contribution in [3.05, 3.63) is 58.6 Å². The molecular weight excluding hydrogens is 324 g/mol. The van der Waals surface area contributed by atoms with Crippen molar-refractivity contribution < 1.29 is 14.5 Å². The van der Waals surface area contributed by atoms with Crippen LogP contribution in [0.2, 0.25) is 0 Å². The summed E-state index contributed by atoms with van der Waals surface area (Å²) in [5.41, 5.74) is 1.31. The lowest BCUT2D eigenvalue weighted by Gasteiger charge is -2.15. The first-order valence-electron chi connectivity index (χ1n) is 7.55. The Kier molecular flexibility index (Phi) is 5.67. The Hall–Kier alpha value is -3.42. The van der Waals surface area contributed by atoms with E-state index in [1.54, 1.807) is 37.3 Å². The summed E-state index contributed by atoms with van der Waals surface area (Å²) in [5, 5.41) is 19.2. The highest BCUT2D eigenvalue weighted by Crippen LogP contribution is 2.23. The number of nitro benzene ring substituents is 1. The highest BCUT2D eigenvalue weighted by atomic mass is 16.6. The first-order chi connectivity index (χ1) is 11.9. The molecule has 0 fully saturated rings. The van der Waals surface area contributed by atoms with Gasteiger partial charge in [-0.1, -0.05) is 12.1 Å². The normalized spacial score (nSPS) is 11.3. The maximum Gasteiger partial charge on any atom is 0.292 e. The van der Waals surface area contributed by atoms with Gasteiger partial charge in [0.05, 0.1) is 4.92 Å². The number of carbonyl (C=O) groups excluding carboxylic acids is 2. The van der Waals surface area contributed by atoms with Gasteiger partial charge in [-0.3, -0.25) is 19.7 Å². The van der Waals surface area contributed by atoms with E-state index in [0.29, 0.717) is 11.4 Å². The maximum atomic E-state index is 12.3. The number of hydrogen-bond acceptors (Lipinski definition) is 5. The van der Waals surface area contributed by atoms with Crippen LogP contribution in [0, 0.1) is 10.1 Å². The molecule has 2 rings (SSSR count). The van der Waals surface area contributed by atoms with E-state index in [1.165, 1.54) is 25.1 Å². The summed E-state index contributed by atoms with van der Waals surface area (Å²) in [6.45, 7) is 3.06. The summed E-state index contributed by atoms with van der Waals surface area (Å²) in [6, 6.07) is 12.2. The van der Waals surface area contributed by atoms with Crippen LogP contribution in [0.4, 0.5) is 22.7 Å². The topological polar surface area (TPSA) is 113 Å². The van der Waals surface area contributed by atoms with Crippen LogP contribution in [-0.2, 0) is 9.59 Å². The largest absolute Gasteiger partial charge is 0.374 e. The first-order valence-corrected chi connectivity index (χ1v) is 7.55. The standard InChI is InChI=1S/C17H18N4O4/c1-11(18-13-7-9-14(10-8-13)19-12(2)22)17(23)20-15-5-3-4-6-16(15)21(24)25/h3-11,18H,1-2H3,(H,19,22)(H,20,23)/t11-/m0/s1. The summed E-state index contributed by atoms with van der Waals surface area (Å²) in [5.74, 6) is -0.571. The minimum absolute atomic E-state index is 0.146. The highest BCUT2D eigenvalue weighted by molar-refractivity contribution is 5.98. The number of benzene rings is 2. The molecule has 0 aliphatic carbocycles. The third kappa shape index (κ3) is 5.03. The zero-order valence-corrected chi connectivity index (χ0v) is 13.8. The van der Waals surface area contributed by atoms with E-state index < -0.39 is 16.9 Å². The van der Waals surface area contributed by atoms with Crippen molar-refractivity contribution in [2.75, 3.05) is 16.0 Å². The van der Waals surface area contributed by atoms with Crippen molar-refractivity contribution in [2.24, 2.45) is 0 Å². The van der Waals surface area contributed by atoms with Gasteiger partial charge in [-0.05, 0) is 37.3 Å². The third-order valence-electron chi connectivity index (χ3n) is 3.34. The second-order valence-electron chi connectivity index (χ2n) is 5.39. The molecule has 0 saturated carbocycles. The average Bonchev–Trinajstić information content (AvgIpc) is 2.56. The number of anilines is 3. The molecule has 0 unspecified atom stereocenters. The summed E-state index contributed by atoms with van der Waals surface area (Å²) >= 11 is 0. The van der Waals surface area contributed by atoms with Crippen molar-refractivity contribution in [1.29, 1.82) is 0 Å². The monoisotopic (exact) mass is 342 g/mol. The lowest BCUT2D eigenvalue weighted by Crippen LogP contribution is -2.32. The van der Waals surface area contributed by atoms with Gasteiger partial charge >= 0.3 is 0 Å². The van der Waals surface area contributed by atoms with Gasteiger partial charge in [0, 0.05) is 24.4 Å². The molecule has 0 radical (unpaired) electrons. The van der Waals surface area contributed by atoms with Crippen LogP contribution in [0.25, 0.3) is 0 Å². The summed E-state index contributed by atoms with van der Waals surface area (Å²) < 4.78 is 0. The van der Waals surface area contributed by atoms with Crippen LogP contribution in [0.3, 0.4) is 0 Å². The fourth-order valence-electron chi connectivity index (χ4n) is 2.15. The van der Waals surface area contributed by atoms with Crippen LogP contribution < -0.4 is 16.0 Å². The maximum absolute atomic E-state index is 12.3. The fraction of sp³-hybridized carbons (Fsp3) is 0.176. The molecule has 8 nitrogen and oxygen atoms in total. The Morgan fingerprint density at radius 1 is 1.00 bits per heavy atom. The van der Waals surface area contributed by atoms with Gasteiger partial charge in [-0.25, -0.2) is 0 Å². The lowest BCUT2D eigenvalue weighted by atomic mass is 10.2. The SMILES string of the molecule is CC(=O)Nc1ccc(N[C@@H](C)C(=O)Nc2ccccc2[N+](=O)[O-])cc1. The Balaban J connectivity index is 2.01. The van der Waals surface area contributed by atoms with Gasteiger partial charge in [-0.15, -0.1) is 0 Å². The van der Waals surface area contributed by atoms with Gasteiger partial charge in [0.15, 0.2) is 0 Å². The summed E-state index contributed by atoms with van der Waals surface area (Å²) in [4.78, 5) is 33.7. The average molecular weight is 342 g/mol. The van der Waals surface area contributed by atoms with Crippen LogP contribution in [0.5, 0.6) is 0 Å². The van der Waals surface area contributed by atoms with Gasteiger partial charge in [0.2, 0.25) is 11.8 Å². The number of rotatable bonds is 6. The number of nitrogens with zero attached hydrogens (tertiary/aromatic N) is 1. The second-order valence-corrected chi connectivity index (χ2v) is 5.39. The molecule has 8 heteroatoms. The molecule has 0 aromatic heterocycles. The van der Waals surface area contributed by atoms with Gasteiger partial charge in [0.25, 0.3) is 5.69 Å². The minimum atomic E-state index is -0.619. The van der Waals surface area contributed by atoms with Crippen molar-refractivity contribution in [3.8, 4) is 0 Å². The van der Waals surface area contributed by atoms with Crippen molar-refractivity contribution in [2.45, 2.75) is 19.9 Å². The zero-order chi connectivity index (χ0) is 18.4. The van der Waals surface area contributed by atoms with E-state index in [1.807, 2.05) is 0 Å². The highest BCUT2D eigenvalue weighted by Gasteiger charge is 2.18. The van der Waals surface area contributed by atoms with E-state index in [4.69, 9.17) is 0 Å². The Bertz CT molecular complexity index is 789. The van der Waals surface area contributed by atoms with Gasteiger partial charge in [-0.2, -0.15) is 0 Å². The van der Waals surface area contributed by atoms with Crippen molar-refractivity contribution in [1.82, 2.24) is 0 Å². The molecule has 3 N–H and O–H groups in total. The van der Waals surface area contributed by atoms with E-state index >= 15 is 0 Å². The number of amides is 2. The van der Waals surface area contributed by atoms with Crippen LogP contribution in [0.15, 0.2) is 48.5 Å². The summed E-state index contributed by atoms with van der Waals surface area (Å²) in [7, 11) is 0. The Morgan fingerprint density at radius 2 is 1.60 bits per heavy atom. The molecule has 130 valence electrons. The predicted octanol–water partition coefficient (Wildman–Crippen LogP) is 2.99. The Morgan fingerprint density at radius 3 is 2.20 bits per heavy atom. The third-order valence-corrected chi connectivity index (χ3v) is 3.34. The smallest absolute Gasteiger partial charge is 0.292 e. The van der Waals surface area contributed by atoms with Crippen LogP contribution >= 0.6 is 0 Å². The lowest BCUT2D eigenvalue weighted by molar-refractivity contribution is -0.383. The molecule has 0 bridgehead atoms. The number of nitro groups is 1. The zero-order valence-electron chi connectivity index (χ0n) is 13.8. The molecule has 0 spiro atoms. The van der Waals surface area contributed by atoms with Gasteiger partial charge < -0.3 is 16.0 Å². The number of hydrogen-bond donors (Lipinski definition) is 3. The Labute approximate surface area is 144 Å². The van der Waals surface area contributed by atoms with E-state index in [0.717, 1.165) is 0 Å². The molecule has 2 amide bonds. The molecule has 0 aliphatic rings. The number of carbonyl (C=O) groups is 2. The molecule has 1 atom stereocenters. The van der Waals surface area contributed by atoms with Crippen LogP contribution in [-0.4, -0.2) is 22.8 Å². The molecular formula is C17H18N4O4.